The maximum Gasteiger partial charge on any atom is 0.283 e. The molecule has 8 heteroatoms. The summed E-state index contributed by atoms with van der Waals surface area (Å²) in [7, 11) is 0. The molecule has 6 aromatic rings. The van der Waals surface area contributed by atoms with Crippen LogP contribution in [0, 0.1) is 0 Å². The van der Waals surface area contributed by atoms with E-state index in [9.17, 15) is 0 Å². The molecule has 27 heavy (non-hydrogen) atoms. The number of benzene rings is 1. The highest BCUT2D eigenvalue weighted by atomic mass is 15.6. The van der Waals surface area contributed by atoms with Gasteiger partial charge in [-0.1, -0.05) is 12.1 Å². The summed E-state index contributed by atoms with van der Waals surface area (Å²) in [5.74, 6) is 0. The first kappa shape index (κ1) is 14.1. The van der Waals surface area contributed by atoms with Crippen LogP contribution in [0.1, 0.15) is 0 Å². The lowest BCUT2D eigenvalue weighted by Gasteiger charge is -1.87. The number of nitrogens with one attached hydrogen (secondary N) is 3. The quantitative estimate of drug-likeness (QED) is 0.384. The van der Waals surface area contributed by atoms with Crippen LogP contribution in [0.3, 0.4) is 0 Å². The maximum atomic E-state index is 4.07. The van der Waals surface area contributed by atoms with Gasteiger partial charge >= 0.3 is 0 Å². The Morgan fingerprint density at radius 3 is 2.26 bits per heavy atom. The predicted octanol–water partition coefficient (Wildman–Crippen LogP) is 0.298. The van der Waals surface area contributed by atoms with Crippen molar-refractivity contribution in [3.8, 4) is 0 Å². The van der Waals surface area contributed by atoms with E-state index in [-0.39, 0.29) is 0 Å². The summed E-state index contributed by atoms with van der Waals surface area (Å²) in [6.45, 7) is 0. The molecule has 0 bridgehead atoms. The van der Waals surface area contributed by atoms with Gasteiger partial charge in [0.2, 0.25) is 17.2 Å². The van der Waals surface area contributed by atoms with Gasteiger partial charge in [-0.2, -0.15) is 5.10 Å². The second-order valence-electron chi connectivity index (χ2n) is 6.52. The molecule has 0 saturated heterocycles. The molecule has 0 radical (unpaired) electrons. The molecule has 0 unspecified atom stereocenters. The van der Waals surface area contributed by atoms with Crippen LogP contribution in [0.2, 0.25) is 0 Å². The van der Waals surface area contributed by atoms with Gasteiger partial charge < -0.3 is 0 Å². The van der Waals surface area contributed by atoms with Crippen LogP contribution in [0.4, 0.5) is 0 Å². The van der Waals surface area contributed by atoms with Crippen LogP contribution < -0.4 is 18.9 Å². The zero-order valence-corrected chi connectivity index (χ0v) is 14.2. The summed E-state index contributed by atoms with van der Waals surface area (Å²) in [6, 6.07) is 12.3. The summed E-state index contributed by atoms with van der Waals surface area (Å²) in [5.41, 5.74) is 3.12. The Kier molecular flexibility index (Phi) is 2.73. The number of hydrogen-bond donors (Lipinski definition) is 3. The standard InChI is InChI=1S/C19H16N8/c1-2-4-18-14(3-1)11-26(22-18)25-7-5-15-12-27(23-19(15)13-25)24-8-6-17-16(10-24)9-20-21-17/h1-13,22-23H,(H,20,21)/q+4. The van der Waals surface area contributed by atoms with Crippen LogP contribution in [0.25, 0.3) is 32.7 Å². The van der Waals surface area contributed by atoms with Crippen molar-refractivity contribution in [2.75, 3.05) is 0 Å². The van der Waals surface area contributed by atoms with Crippen LogP contribution >= 0.6 is 0 Å². The minimum Gasteiger partial charge on any atom is -0.278 e. The molecule has 0 atom stereocenters. The van der Waals surface area contributed by atoms with E-state index in [4.69, 9.17) is 0 Å². The molecule has 0 fully saturated rings. The minimum absolute atomic E-state index is 1.01. The van der Waals surface area contributed by atoms with Gasteiger partial charge in [-0.15, -0.1) is 0 Å². The Hall–Kier alpha value is -4.07. The molecule has 0 aliphatic carbocycles. The van der Waals surface area contributed by atoms with Crippen LogP contribution in [0.15, 0.2) is 79.8 Å². The second kappa shape index (κ2) is 5.21. The maximum absolute atomic E-state index is 4.07. The molecule has 0 saturated carbocycles. The lowest BCUT2D eigenvalue weighted by atomic mass is 10.3. The topological polar surface area (TPSA) is 75.8 Å². The average Bonchev–Trinajstić information content (AvgIpc) is 3.42. The highest BCUT2D eigenvalue weighted by Crippen LogP contribution is 2.08. The number of H-pyrrole nitrogens is 3. The van der Waals surface area contributed by atoms with Crippen molar-refractivity contribution < 1.29 is 18.9 Å². The van der Waals surface area contributed by atoms with Crippen molar-refractivity contribution in [3.63, 3.8) is 0 Å². The molecule has 5 heterocycles. The minimum atomic E-state index is 1.01. The summed E-state index contributed by atoms with van der Waals surface area (Å²) in [5, 5.41) is 17.2. The zero-order chi connectivity index (χ0) is 17.8. The average molecular weight is 356 g/mol. The lowest BCUT2D eigenvalue weighted by molar-refractivity contribution is -1.32. The van der Waals surface area contributed by atoms with Crippen LogP contribution in [0.5, 0.6) is 0 Å². The molecule has 5 aromatic heterocycles. The summed E-state index contributed by atoms with van der Waals surface area (Å²) in [4.78, 5) is 3.90. The van der Waals surface area contributed by atoms with Crippen molar-refractivity contribution in [1.82, 2.24) is 20.4 Å². The normalized spacial score (nSPS) is 11.7. The van der Waals surface area contributed by atoms with Gasteiger partial charge in [0.25, 0.3) is 12.4 Å². The number of rotatable bonds is 2. The molecule has 128 valence electrons. The summed E-state index contributed by atoms with van der Waals surface area (Å²) < 4.78 is 3.99. The van der Waals surface area contributed by atoms with Crippen LogP contribution in [-0.2, 0) is 0 Å². The van der Waals surface area contributed by atoms with E-state index in [1.165, 1.54) is 0 Å². The first-order valence-corrected chi connectivity index (χ1v) is 8.64. The monoisotopic (exact) mass is 356 g/mol. The third kappa shape index (κ3) is 2.20. The number of hydrogen-bond acceptors (Lipinski definition) is 1. The number of fused-ring (bicyclic) bond motifs is 3. The fraction of sp³-hybridized carbons (Fsp3) is 0. The largest absolute Gasteiger partial charge is 0.283 e. The molecule has 3 N–H and O–H groups in total. The third-order valence-corrected chi connectivity index (χ3v) is 4.80. The Morgan fingerprint density at radius 1 is 0.630 bits per heavy atom. The predicted molar refractivity (Wildman–Crippen MR) is 95.1 cm³/mol. The molecule has 0 aliphatic rings. The van der Waals surface area contributed by atoms with Gasteiger partial charge in [0, 0.05) is 21.5 Å². The number of aromatic nitrogens is 8. The third-order valence-electron chi connectivity index (χ3n) is 4.80. The lowest BCUT2D eigenvalue weighted by Crippen LogP contribution is -2.67. The summed E-state index contributed by atoms with van der Waals surface area (Å²) in [6.07, 6.45) is 14.0. The Bertz CT molecular complexity index is 1410. The van der Waals surface area contributed by atoms with Gasteiger partial charge in [0.15, 0.2) is 18.6 Å². The van der Waals surface area contributed by atoms with E-state index in [1.54, 1.807) is 0 Å². The molecule has 6 rings (SSSR count). The zero-order valence-electron chi connectivity index (χ0n) is 14.2. The molecule has 0 aliphatic heterocycles. The first-order chi connectivity index (χ1) is 13.3. The van der Waals surface area contributed by atoms with Gasteiger partial charge in [0.05, 0.1) is 17.1 Å². The second-order valence-corrected chi connectivity index (χ2v) is 6.52. The number of pyridine rings is 2. The summed E-state index contributed by atoms with van der Waals surface area (Å²) >= 11 is 0. The molecule has 8 nitrogen and oxygen atoms in total. The molecular weight excluding hydrogens is 340 g/mol. The highest BCUT2D eigenvalue weighted by molar-refractivity contribution is 5.76. The van der Waals surface area contributed by atoms with E-state index in [1.807, 2.05) is 61.9 Å². The number of nitrogens with zero attached hydrogens (tertiary/aromatic N) is 5. The fourth-order valence-electron chi connectivity index (χ4n) is 3.38. The van der Waals surface area contributed by atoms with E-state index in [0.29, 0.717) is 0 Å². The van der Waals surface area contributed by atoms with Gasteiger partial charge in [-0.3, -0.25) is 5.10 Å². The van der Waals surface area contributed by atoms with Crippen molar-refractivity contribution in [2.45, 2.75) is 0 Å². The smallest absolute Gasteiger partial charge is 0.278 e. The fourth-order valence-corrected chi connectivity index (χ4v) is 3.38. The number of aromatic amines is 3. The Morgan fingerprint density at radius 2 is 1.37 bits per heavy atom. The first-order valence-electron chi connectivity index (χ1n) is 8.64. The highest BCUT2D eigenvalue weighted by Gasteiger charge is 2.23. The van der Waals surface area contributed by atoms with Crippen molar-refractivity contribution in [3.05, 3.63) is 79.8 Å². The SMILES string of the molecule is c1ccc2[nH][n+](-[n+]3ccc4c[n+](-[n+]5ccc6[nH]ncc6c5)[nH]c4c3)cc2c1. The van der Waals surface area contributed by atoms with Crippen molar-refractivity contribution in [2.24, 2.45) is 0 Å². The Labute approximate surface area is 152 Å². The Balaban J connectivity index is 1.46. The van der Waals surface area contributed by atoms with E-state index < -0.39 is 0 Å². The van der Waals surface area contributed by atoms with Gasteiger partial charge in [0.1, 0.15) is 20.4 Å². The molecule has 0 spiro atoms. The van der Waals surface area contributed by atoms with Gasteiger partial charge in [-0.05, 0) is 22.3 Å². The van der Waals surface area contributed by atoms with E-state index in [0.717, 1.165) is 32.7 Å². The van der Waals surface area contributed by atoms with E-state index in [2.05, 4.69) is 57.2 Å². The number of para-hydroxylation sites is 1. The van der Waals surface area contributed by atoms with E-state index >= 15 is 0 Å². The molecule has 0 amide bonds. The van der Waals surface area contributed by atoms with Gasteiger partial charge in [-0.25, -0.2) is 0 Å². The van der Waals surface area contributed by atoms with Crippen molar-refractivity contribution >= 4 is 32.7 Å². The molecule has 1 aromatic carbocycles. The van der Waals surface area contributed by atoms with Crippen LogP contribution in [-0.4, -0.2) is 20.4 Å². The van der Waals surface area contributed by atoms with Crippen molar-refractivity contribution in [1.29, 1.82) is 0 Å². The molecular formula is C19H16N8+4.